The summed E-state index contributed by atoms with van der Waals surface area (Å²) in [5.41, 5.74) is 1.68. The zero-order valence-electron chi connectivity index (χ0n) is 18.7. The van der Waals surface area contributed by atoms with E-state index in [1.54, 1.807) is 66.7 Å². The Bertz CT molecular complexity index is 1370. The zero-order chi connectivity index (χ0) is 24.7. The van der Waals surface area contributed by atoms with E-state index in [0.29, 0.717) is 23.5 Å². The molecule has 9 nitrogen and oxygen atoms in total. The maximum absolute atomic E-state index is 12.5. The van der Waals surface area contributed by atoms with Gasteiger partial charge in [0.1, 0.15) is 5.75 Å². The first-order valence-corrected chi connectivity index (χ1v) is 13.1. The predicted octanol–water partition coefficient (Wildman–Crippen LogP) is 4.67. The topological polar surface area (TPSA) is 123 Å². The number of aromatic nitrogens is 2. The van der Waals surface area contributed by atoms with Crippen LogP contribution in [0.3, 0.4) is 0 Å². The average molecular weight is 511 g/mol. The number of rotatable bonds is 10. The molecule has 4 rings (SSSR count). The molecule has 0 aliphatic carbocycles. The SMILES string of the molecule is CCOc1ccc(NC(=O)CSc2nnc(-c3ccc(NS(=O)(=O)c4ccccc4)cc3)o2)cc1. The molecular weight excluding hydrogens is 488 g/mol. The Morgan fingerprint density at radius 1 is 0.943 bits per heavy atom. The molecule has 180 valence electrons. The van der Waals surface area contributed by atoms with Gasteiger partial charge in [0.25, 0.3) is 15.2 Å². The Morgan fingerprint density at radius 2 is 1.63 bits per heavy atom. The molecule has 0 atom stereocenters. The number of hydrogen-bond donors (Lipinski definition) is 2. The third-order valence-electron chi connectivity index (χ3n) is 4.62. The van der Waals surface area contributed by atoms with Crippen molar-refractivity contribution in [3.63, 3.8) is 0 Å². The molecule has 0 aliphatic heterocycles. The lowest BCUT2D eigenvalue weighted by Gasteiger charge is -2.08. The van der Waals surface area contributed by atoms with E-state index in [4.69, 9.17) is 9.15 Å². The fourth-order valence-electron chi connectivity index (χ4n) is 3.00. The third kappa shape index (κ3) is 6.61. The van der Waals surface area contributed by atoms with Crippen LogP contribution in [-0.2, 0) is 14.8 Å². The number of ether oxygens (including phenoxy) is 1. The standard InChI is InChI=1S/C24H22N4O5S2/c1-2-32-20-14-12-18(13-15-20)25-22(29)16-34-24-27-26-23(33-24)17-8-10-19(11-9-17)28-35(30,31)21-6-4-3-5-7-21/h3-15,28H,2,16H2,1H3,(H,25,29). The van der Waals surface area contributed by atoms with Gasteiger partial charge in [0.15, 0.2) is 0 Å². The van der Waals surface area contributed by atoms with Crippen LogP contribution < -0.4 is 14.8 Å². The minimum Gasteiger partial charge on any atom is -0.494 e. The van der Waals surface area contributed by atoms with E-state index in [1.165, 1.54) is 12.1 Å². The maximum atomic E-state index is 12.5. The second kappa shape index (κ2) is 11.1. The summed E-state index contributed by atoms with van der Waals surface area (Å²) in [4.78, 5) is 12.4. The highest BCUT2D eigenvalue weighted by Crippen LogP contribution is 2.25. The number of benzene rings is 3. The smallest absolute Gasteiger partial charge is 0.277 e. The Kier molecular flexibility index (Phi) is 7.68. The third-order valence-corrected chi connectivity index (χ3v) is 6.84. The van der Waals surface area contributed by atoms with Crippen LogP contribution in [0.4, 0.5) is 11.4 Å². The summed E-state index contributed by atoms with van der Waals surface area (Å²) in [7, 11) is -3.68. The van der Waals surface area contributed by atoms with Gasteiger partial charge in [-0.3, -0.25) is 9.52 Å². The van der Waals surface area contributed by atoms with Crippen LogP contribution in [-0.4, -0.2) is 36.9 Å². The Balaban J connectivity index is 1.31. The minimum atomic E-state index is -3.68. The van der Waals surface area contributed by atoms with Crippen molar-refractivity contribution in [2.75, 3.05) is 22.4 Å². The van der Waals surface area contributed by atoms with Gasteiger partial charge in [-0.2, -0.15) is 0 Å². The first kappa shape index (κ1) is 24.3. The number of nitrogens with one attached hydrogen (secondary N) is 2. The van der Waals surface area contributed by atoms with Crippen LogP contribution in [0.1, 0.15) is 6.92 Å². The van der Waals surface area contributed by atoms with E-state index in [9.17, 15) is 13.2 Å². The molecule has 35 heavy (non-hydrogen) atoms. The highest BCUT2D eigenvalue weighted by Gasteiger charge is 2.15. The lowest BCUT2D eigenvalue weighted by atomic mass is 10.2. The second-order valence-corrected chi connectivity index (χ2v) is 9.77. The van der Waals surface area contributed by atoms with Gasteiger partial charge in [0.05, 0.1) is 17.3 Å². The molecule has 0 unspecified atom stereocenters. The monoisotopic (exact) mass is 510 g/mol. The van der Waals surface area contributed by atoms with E-state index >= 15 is 0 Å². The number of nitrogens with zero attached hydrogens (tertiary/aromatic N) is 2. The molecule has 3 aromatic carbocycles. The molecule has 0 aliphatic rings. The van der Waals surface area contributed by atoms with E-state index in [2.05, 4.69) is 20.2 Å². The molecule has 1 amide bonds. The normalized spacial score (nSPS) is 11.1. The van der Waals surface area contributed by atoms with Crippen molar-refractivity contribution in [1.29, 1.82) is 0 Å². The highest BCUT2D eigenvalue weighted by molar-refractivity contribution is 7.99. The highest BCUT2D eigenvalue weighted by atomic mass is 32.2. The summed E-state index contributed by atoms with van der Waals surface area (Å²) < 4.78 is 38.4. The van der Waals surface area contributed by atoms with E-state index in [0.717, 1.165) is 17.5 Å². The fraction of sp³-hybridized carbons (Fsp3) is 0.125. The molecule has 0 saturated carbocycles. The van der Waals surface area contributed by atoms with Gasteiger partial charge < -0.3 is 14.5 Å². The van der Waals surface area contributed by atoms with Gasteiger partial charge in [0.2, 0.25) is 11.8 Å². The Morgan fingerprint density at radius 3 is 2.31 bits per heavy atom. The maximum Gasteiger partial charge on any atom is 0.277 e. The van der Waals surface area contributed by atoms with Gasteiger partial charge in [-0.1, -0.05) is 30.0 Å². The van der Waals surface area contributed by atoms with E-state index < -0.39 is 10.0 Å². The first-order chi connectivity index (χ1) is 16.9. The summed E-state index contributed by atoms with van der Waals surface area (Å²) in [5, 5.41) is 11.0. The number of carbonyl (C=O) groups is 1. The van der Waals surface area contributed by atoms with Gasteiger partial charge in [-0.25, -0.2) is 8.42 Å². The number of hydrogen-bond acceptors (Lipinski definition) is 8. The van der Waals surface area contributed by atoms with Gasteiger partial charge in [-0.15, -0.1) is 10.2 Å². The van der Waals surface area contributed by atoms with Crippen molar-refractivity contribution in [3.8, 4) is 17.2 Å². The lowest BCUT2D eigenvalue weighted by Crippen LogP contribution is -2.13. The number of carbonyl (C=O) groups excluding carboxylic acids is 1. The Hall–Kier alpha value is -3.83. The predicted molar refractivity (Wildman–Crippen MR) is 134 cm³/mol. The summed E-state index contributed by atoms with van der Waals surface area (Å²) in [6.45, 7) is 2.48. The first-order valence-electron chi connectivity index (χ1n) is 10.6. The van der Waals surface area contributed by atoms with E-state index in [-0.39, 0.29) is 27.7 Å². The van der Waals surface area contributed by atoms with Crippen molar-refractivity contribution < 1.29 is 22.4 Å². The molecular formula is C24H22N4O5S2. The molecule has 2 N–H and O–H groups in total. The largest absolute Gasteiger partial charge is 0.494 e. The molecule has 4 aromatic rings. The van der Waals surface area contributed by atoms with Crippen LogP contribution in [0.2, 0.25) is 0 Å². The second-order valence-electron chi connectivity index (χ2n) is 7.16. The molecule has 0 saturated heterocycles. The summed E-state index contributed by atoms with van der Waals surface area (Å²) in [6.07, 6.45) is 0. The van der Waals surface area contributed by atoms with Crippen molar-refractivity contribution in [2.45, 2.75) is 17.0 Å². The minimum absolute atomic E-state index is 0.0923. The molecule has 11 heteroatoms. The van der Waals surface area contributed by atoms with Gasteiger partial charge >= 0.3 is 0 Å². The Labute approximate surface area is 207 Å². The average Bonchev–Trinajstić information content (AvgIpc) is 3.34. The number of amides is 1. The van der Waals surface area contributed by atoms with Crippen LogP contribution in [0.25, 0.3) is 11.5 Å². The number of sulfonamides is 1. The zero-order valence-corrected chi connectivity index (χ0v) is 20.3. The number of thioether (sulfide) groups is 1. The molecule has 1 aromatic heterocycles. The summed E-state index contributed by atoms with van der Waals surface area (Å²) in [5.74, 6) is 0.875. The molecule has 0 radical (unpaired) electrons. The van der Waals surface area contributed by atoms with Crippen molar-refractivity contribution in [3.05, 3.63) is 78.9 Å². The van der Waals surface area contributed by atoms with Crippen molar-refractivity contribution in [1.82, 2.24) is 10.2 Å². The van der Waals surface area contributed by atoms with Crippen molar-refractivity contribution >= 4 is 39.1 Å². The lowest BCUT2D eigenvalue weighted by molar-refractivity contribution is -0.113. The van der Waals surface area contributed by atoms with Crippen LogP contribution in [0.5, 0.6) is 5.75 Å². The molecule has 0 fully saturated rings. The summed E-state index contributed by atoms with van der Waals surface area (Å²) >= 11 is 1.11. The van der Waals surface area contributed by atoms with Crippen LogP contribution in [0, 0.1) is 0 Å². The molecule has 1 heterocycles. The quantitative estimate of drug-likeness (QED) is 0.295. The van der Waals surface area contributed by atoms with E-state index in [1.807, 2.05) is 6.92 Å². The van der Waals surface area contributed by atoms with Gasteiger partial charge in [-0.05, 0) is 67.6 Å². The molecule has 0 bridgehead atoms. The van der Waals surface area contributed by atoms with Crippen LogP contribution >= 0.6 is 11.8 Å². The van der Waals surface area contributed by atoms with Gasteiger partial charge in [0, 0.05) is 16.9 Å². The summed E-state index contributed by atoms with van der Waals surface area (Å²) in [6, 6.07) is 21.8. The van der Waals surface area contributed by atoms with Crippen molar-refractivity contribution in [2.24, 2.45) is 0 Å². The van der Waals surface area contributed by atoms with Crippen LogP contribution in [0.15, 0.2) is 93.4 Å². The fourth-order valence-corrected chi connectivity index (χ4v) is 4.65. The molecule has 0 spiro atoms. The number of anilines is 2.